The fourth-order valence-electron chi connectivity index (χ4n) is 1.66. The first-order valence-corrected chi connectivity index (χ1v) is 6.36. The van der Waals surface area contributed by atoms with Crippen LogP contribution in [0.4, 0.5) is 5.69 Å². The molecule has 0 aliphatic carbocycles. The van der Waals surface area contributed by atoms with E-state index in [0.29, 0.717) is 11.6 Å². The van der Waals surface area contributed by atoms with Crippen LogP contribution in [0.5, 0.6) is 0 Å². The van der Waals surface area contributed by atoms with E-state index in [0.717, 1.165) is 11.3 Å². The molecule has 0 amide bonds. The van der Waals surface area contributed by atoms with Gasteiger partial charge in [0.25, 0.3) is 5.56 Å². The summed E-state index contributed by atoms with van der Waals surface area (Å²) in [5.41, 5.74) is 1.37. The van der Waals surface area contributed by atoms with E-state index in [4.69, 9.17) is 11.6 Å². The lowest BCUT2D eigenvalue weighted by Crippen LogP contribution is -2.24. The Morgan fingerprint density at radius 1 is 1.42 bits per heavy atom. The van der Waals surface area contributed by atoms with Crippen LogP contribution in [-0.2, 0) is 6.54 Å². The minimum Gasteiger partial charge on any atom is -0.381 e. The SMILES string of the molecule is CC(C)Nc1cnn(Cc2ccncc2Cl)c(=O)c1. The van der Waals surface area contributed by atoms with E-state index >= 15 is 0 Å². The summed E-state index contributed by atoms with van der Waals surface area (Å²) < 4.78 is 1.37. The third kappa shape index (κ3) is 3.54. The van der Waals surface area contributed by atoms with Crippen molar-refractivity contribution in [2.75, 3.05) is 5.32 Å². The summed E-state index contributed by atoms with van der Waals surface area (Å²) in [6.45, 7) is 4.34. The van der Waals surface area contributed by atoms with Gasteiger partial charge < -0.3 is 5.32 Å². The minimum atomic E-state index is -0.168. The molecule has 2 aromatic heterocycles. The second-order valence-electron chi connectivity index (χ2n) is 4.51. The quantitative estimate of drug-likeness (QED) is 0.931. The van der Waals surface area contributed by atoms with Gasteiger partial charge in [-0.25, -0.2) is 4.68 Å². The summed E-state index contributed by atoms with van der Waals surface area (Å²) in [4.78, 5) is 15.8. The Kier molecular flexibility index (Phi) is 4.16. The molecule has 5 nitrogen and oxygen atoms in total. The van der Waals surface area contributed by atoms with Crippen molar-refractivity contribution in [3.63, 3.8) is 0 Å². The van der Waals surface area contributed by atoms with Crippen LogP contribution < -0.4 is 10.9 Å². The lowest BCUT2D eigenvalue weighted by Gasteiger charge is -2.10. The molecule has 100 valence electrons. The number of hydrogen-bond acceptors (Lipinski definition) is 4. The summed E-state index contributed by atoms with van der Waals surface area (Å²) in [6.07, 6.45) is 4.83. The van der Waals surface area contributed by atoms with Gasteiger partial charge in [0.15, 0.2) is 0 Å². The first-order valence-electron chi connectivity index (χ1n) is 5.98. The fourth-order valence-corrected chi connectivity index (χ4v) is 1.84. The van der Waals surface area contributed by atoms with Crippen LogP contribution in [0.2, 0.25) is 5.02 Å². The number of rotatable bonds is 4. The van der Waals surface area contributed by atoms with Crippen LogP contribution in [0, 0.1) is 0 Å². The molecule has 0 saturated carbocycles. The van der Waals surface area contributed by atoms with Crippen LogP contribution >= 0.6 is 11.6 Å². The van der Waals surface area contributed by atoms with Crippen molar-refractivity contribution in [1.29, 1.82) is 0 Å². The van der Waals surface area contributed by atoms with Gasteiger partial charge in [0.2, 0.25) is 0 Å². The highest BCUT2D eigenvalue weighted by Crippen LogP contribution is 2.13. The lowest BCUT2D eigenvalue weighted by molar-refractivity contribution is 0.638. The molecule has 6 heteroatoms. The van der Waals surface area contributed by atoms with E-state index < -0.39 is 0 Å². The summed E-state index contributed by atoms with van der Waals surface area (Å²) >= 11 is 6.01. The van der Waals surface area contributed by atoms with E-state index in [1.54, 1.807) is 24.7 Å². The molecule has 0 fully saturated rings. The van der Waals surface area contributed by atoms with E-state index in [-0.39, 0.29) is 11.6 Å². The predicted molar refractivity (Wildman–Crippen MR) is 75.6 cm³/mol. The maximum absolute atomic E-state index is 11.9. The number of nitrogens with zero attached hydrogens (tertiary/aromatic N) is 3. The zero-order valence-corrected chi connectivity index (χ0v) is 11.6. The van der Waals surface area contributed by atoms with Crippen molar-refractivity contribution >= 4 is 17.3 Å². The van der Waals surface area contributed by atoms with Crippen molar-refractivity contribution < 1.29 is 0 Å². The smallest absolute Gasteiger partial charge is 0.269 e. The molecule has 0 aliphatic heterocycles. The zero-order chi connectivity index (χ0) is 13.8. The van der Waals surface area contributed by atoms with Gasteiger partial charge in [0, 0.05) is 24.5 Å². The number of aromatic nitrogens is 3. The molecule has 2 heterocycles. The maximum atomic E-state index is 11.9. The van der Waals surface area contributed by atoms with E-state index in [1.807, 2.05) is 13.8 Å². The number of halogens is 1. The molecular weight excluding hydrogens is 264 g/mol. The van der Waals surface area contributed by atoms with Crippen molar-refractivity contribution in [3.8, 4) is 0 Å². The van der Waals surface area contributed by atoms with Gasteiger partial charge in [0.05, 0.1) is 23.5 Å². The summed E-state index contributed by atoms with van der Waals surface area (Å²) in [5, 5.41) is 7.79. The first-order chi connectivity index (χ1) is 9.06. The van der Waals surface area contributed by atoms with Gasteiger partial charge in [-0.15, -0.1) is 0 Å². The molecular formula is C13H15ClN4O. The van der Waals surface area contributed by atoms with Crippen LogP contribution in [-0.4, -0.2) is 20.8 Å². The molecule has 0 unspecified atom stereocenters. The minimum absolute atomic E-state index is 0.168. The predicted octanol–water partition coefficient (Wildman–Crippen LogP) is 2.16. The molecule has 0 aliphatic rings. The van der Waals surface area contributed by atoms with Crippen LogP contribution in [0.1, 0.15) is 19.4 Å². The molecule has 2 aromatic rings. The van der Waals surface area contributed by atoms with Gasteiger partial charge in [-0.05, 0) is 25.5 Å². The Morgan fingerprint density at radius 2 is 2.21 bits per heavy atom. The normalized spacial score (nSPS) is 10.7. The number of hydrogen-bond donors (Lipinski definition) is 1. The molecule has 2 rings (SSSR count). The van der Waals surface area contributed by atoms with Crippen LogP contribution in [0.15, 0.2) is 35.5 Å². The molecule has 0 spiro atoms. The maximum Gasteiger partial charge on any atom is 0.269 e. The van der Waals surface area contributed by atoms with Gasteiger partial charge in [-0.2, -0.15) is 5.10 Å². The molecule has 0 atom stereocenters. The first kappa shape index (κ1) is 13.5. The molecule has 0 bridgehead atoms. The standard InChI is InChI=1S/C13H15ClN4O/c1-9(2)17-11-5-13(19)18(16-6-11)8-10-3-4-15-7-12(10)14/h3-7,9,17H,8H2,1-2H3. The lowest BCUT2D eigenvalue weighted by atomic mass is 10.2. The highest BCUT2D eigenvalue weighted by Gasteiger charge is 2.05. The van der Waals surface area contributed by atoms with Crippen LogP contribution in [0.25, 0.3) is 0 Å². The Hall–Kier alpha value is -1.88. The Labute approximate surface area is 116 Å². The third-order valence-corrected chi connectivity index (χ3v) is 2.84. The van der Waals surface area contributed by atoms with Crippen LogP contribution in [0.3, 0.4) is 0 Å². The van der Waals surface area contributed by atoms with E-state index in [1.165, 1.54) is 10.7 Å². The molecule has 0 aromatic carbocycles. The zero-order valence-electron chi connectivity index (χ0n) is 10.8. The van der Waals surface area contributed by atoms with Crippen molar-refractivity contribution in [2.45, 2.75) is 26.4 Å². The average Bonchev–Trinajstić information content (AvgIpc) is 2.34. The van der Waals surface area contributed by atoms with Crippen molar-refractivity contribution in [3.05, 3.63) is 51.7 Å². The molecule has 0 radical (unpaired) electrons. The topological polar surface area (TPSA) is 59.8 Å². The number of anilines is 1. The van der Waals surface area contributed by atoms with Crippen molar-refractivity contribution in [1.82, 2.24) is 14.8 Å². The Morgan fingerprint density at radius 3 is 2.84 bits per heavy atom. The average molecular weight is 279 g/mol. The fraction of sp³-hybridized carbons (Fsp3) is 0.308. The molecule has 19 heavy (non-hydrogen) atoms. The Bertz CT molecular complexity index is 624. The van der Waals surface area contributed by atoms with Crippen molar-refractivity contribution in [2.24, 2.45) is 0 Å². The van der Waals surface area contributed by atoms with E-state index in [2.05, 4.69) is 15.4 Å². The molecule has 1 N–H and O–H groups in total. The highest BCUT2D eigenvalue weighted by molar-refractivity contribution is 6.31. The largest absolute Gasteiger partial charge is 0.381 e. The van der Waals surface area contributed by atoms with Gasteiger partial charge in [0.1, 0.15) is 0 Å². The van der Waals surface area contributed by atoms with Gasteiger partial charge in [-0.3, -0.25) is 9.78 Å². The summed E-state index contributed by atoms with van der Waals surface area (Å²) in [7, 11) is 0. The second kappa shape index (κ2) is 5.84. The van der Waals surface area contributed by atoms with E-state index in [9.17, 15) is 4.79 Å². The second-order valence-corrected chi connectivity index (χ2v) is 4.91. The highest BCUT2D eigenvalue weighted by atomic mass is 35.5. The monoisotopic (exact) mass is 278 g/mol. The van der Waals surface area contributed by atoms with Gasteiger partial charge in [-0.1, -0.05) is 11.6 Å². The summed E-state index contributed by atoms with van der Waals surface area (Å²) in [5.74, 6) is 0. The summed E-state index contributed by atoms with van der Waals surface area (Å²) in [6, 6.07) is 3.56. The number of nitrogens with one attached hydrogen (secondary N) is 1. The van der Waals surface area contributed by atoms with Gasteiger partial charge >= 0.3 is 0 Å². The Balaban J connectivity index is 2.23. The third-order valence-electron chi connectivity index (χ3n) is 2.50. The number of pyridine rings is 1. The molecule has 0 saturated heterocycles.